The molecule has 0 N–H and O–H groups in total. The molecular weight excluding hydrogens is 172 g/mol. The van der Waals surface area contributed by atoms with Crippen LogP contribution in [0.15, 0.2) is 0 Å². The highest BCUT2D eigenvalue weighted by Crippen LogP contribution is 2.09. The van der Waals surface area contributed by atoms with E-state index in [2.05, 4.69) is 6.07 Å². The summed E-state index contributed by atoms with van der Waals surface area (Å²) in [6.07, 6.45) is 5.52. The van der Waals surface area contributed by atoms with Gasteiger partial charge in [-0.05, 0) is 12.8 Å². The van der Waals surface area contributed by atoms with Gasteiger partial charge in [-0.15, -0.1) is 11.6 Å². The van der Waals surface area contributed by atoms with Crippen LogP contribution in [-0.4, -0.2) is 5.38 Å². The monoisotopic (exact) mass is 184 g/mol. The van der Waals surface area contributed by atoms with Crippen LogP contribution in [0, 0.1) is 22.7 Å². The van der Waals surface area contributed by atoms with E-state index >= 15 is 0 Å². The summed E-state index contributed by atoms with van der Waals surface area (Å²) in [5.41, 5.74) is 0. The van der Waals surface area contributed by atoms with E-state index in [4.69, 9.17) is 22.1 Å². The van der Waals surface area contributed by atoms with E-state index < -0.39 is 0 Å². The zero-order chi connectivity index (χ0) is 9.23. The number of halogens is 1. The highest BCUT2D eigenvalue weighted by atomic mass is 35.5. The second kappa shape index (κ2) is 8.37. The summed E-state index contributed by atoms with van der Waals surface area (Å²) in [6, 6.07) is 4.08. The minimum absolute atomic E-state index is 0.332. The summed E-state index contributed by atoms with van der Waals surface area (Å²) in [7, 11) is 0. The zero-order valence-electron chi connectivity index (χ0n) is 7.09. The molecule has 0 aromatic heterocycles. The fourth-order valence-electron chi connectivity index (χ4n) is 0.946. The van der Waals surface area contributed by atoms with Crippen LogP contribution in [0.2, 0.25) is 0 Å². The van der Waals surface area contributed by atoms with Crippen LogP contribution >= 0.6 is 11.6 Å². The largest absolute Gasteiger partial charge is 0.198 e. The van der Waals surface area contributed by atoms with E-state index in [1.807, 2.05) is 6.07 Å². The Hall–Kier alpha value is -0.730. The molecule has 0 aromatic rings. The first-order valence-corrected chi connectivity index (χ1v) is 4.65. The first-order valence-electron chi connectivity index (χ1n) is 4.22. The van der Waals surface area contributed by atoms with Crippen molar-refractivity contribution in [3.8, 4) is 12.1 Å². The Morgan fingerprint density at radius 1 is 1.08 bits per heavy atom. The van der Waals surface area contributed by atoms with Crippen molar-refractivity contribution < 1.29 is 0 Å². The van der Waals surface area contributed by atoms with Crippen molar-refractivity contribution in [1.29, 1.82) is 10.5 Å². The SMILES string of the molecule is N#CCCCCCCC(Cl)C#N. The van der Waals surface area contributed by atoms with Crippen LogP contribution in [0.5, 0.6) is 0 Å². The fraction of sp³-hybridized carbons (Fsp3) is 0.778. The minimum atomic E-state index is -0.332. The summed E-state index contributed by atoms with van der Waals surface area (Å²) < 4.78 is 0. The van der Waals surface area contributed by atoms with Gasteiger partial charge in [0.25, 0.3) is 0 Å². The van der Waals surface area contributed by atoms with Gasteiger partial charge in [0, 0.05) is 6.42 Å². The average molecular weight is 185 g/mol. The lowest BCUT2D eigenvalue weighted by Crippen LogP contribution is -1.92. The molecule has 1 unspecified atom stereocenters. The van der Waals surface area contributed by atoms with Gasteiger partial charge in [-0.25, -0.2) is 0 Å². The molecule has 12 heavy (non-hydrogen) atoms. The number of alkyl halides is 1. The Labute approximate surface area is 78.7 Å². The maximum absolute atomic E-state index is 8.35. The smallest absolute Gasteiger partial charge is 0.120 e. The quantitative estimate of drug-likeness (QED) is 0.471. The summed E-state index contributed by atoms with van der Waals surface area (Å²) in [5, 5.41) is 16.3. The molecule has 0 aliphatic heterocycles. The van der Waals surface area contributed by atoms with E-state index in [0.717, 1.165) is 32.1 Å². The molecular formula is C9H13ClN2. The molecule has 0 bridgehead atoms. The second-order valence-corrected chi connectivity index (χ2v) is 3.23. The summed E-state index contributed by atoms with van der Waals surface area (Å²) in [5.74, 6) is 0. The van der Waals surface area contributed by atoms with Gasteiger partial charge in [0.05, 0.1) is 12.1 Å². The number of rotatable bonds is 6. The lowest BCUT2D eigenvalue weighted by molar-refractivity contribution is 0.628. The third-order valence-electron chi connectivity index (χ3n) is 1.64. The molecule has 0 aliphatic carbocycles. The van der Waals surface area contributed by atoms with Crippen LogP contribution in [0.25, 0.3) is 0 Å². The van der Waals surface area contributed by atoms with Gasteiger partial charge in [-0.2, -0.15) is 10.5 Å². The summed E-state index contributed by atoms with van der Waals surface area (Å²) in [6.45, 7) is 0. The molecule has 0 heterocycles. The average Bonchev–Trinajstić information content (AvgIpc) is 2.10. The van der Waals surface area contributed by atoms with Gasteiger partial charge in [-0.3, -0.25) is 0 Å². The van der Waals surface area contributed by atoms with Gasteiger partial charge < -0.3 is 0 Å². The number of hydrogen-bond acceptors (Lipinski definition) is 2. The first-order chi connectivity index (χ1) is 5.81. The molecule has 1 atom stereocenters. The molecule has 2 nitrogen and oxygen atoms in total. The van der Waals surface area contributed by atoms with Gasteiger partial charge >= 0.3 is 0 Å². The highest BCUT2D eigenvalue weighted by Gasteiger charge is 2.00. The number of nitriles is 2. The van der Waals surface area contributed by atoms with Crippen molar-refractivity contribution in [2.75, 3.05) is 0 Å². The molecule has 3 heteroatoms. The van der Waals surface area contributed by atoms with Crippen molar-refractivity contribution in [3.63, 3.8) is 0 Å². The highest BCUT2D eigenvalue weighted by molar-refractivity contribution is 6.22. The minimum Gasteiger partial charge on any atom is -0.198 e. The lowest BCUT2D eigenvalue weighted by atomic mass is 10.1. The van der Waals surface area contributed by atoms with Crippen molar-refractivity contribution >= 4 is 11.6 Å². The molecule has 0 spiro atoms. The van der Waals surface area contributed by atoms with Gasteiger partial charge in [0.15, 0.2) is 0 Å². The maximum atomic E-state index is 8.35. The number of hydrogen-bond donors (Lipinski definition) is 0. The van der Waals surface area contributed by atoms with Gasteiger partial charge in [-0.1, -0.05) is 19.3 Å². The number of nitrogens with zero attached hydrogens (tertiary/aromatic N) is 2. The molecule has 66 valence electrons. The molecule has 0 amide bonds. The predicted octanol–water partition coefficient (Wildman–Crippen LogP) is 2.98. The Balaban J connectivity index is 3.03. The fourth-order valence-corrected chi connectivity index (χ4v) is 1.10. The topological polar surface area (TPSA) is 47.6 Å². The third-order valence-corrected chi connectivity index (χ3v) is 1.95. The van der Waals surface area contributed by atoms with Crippen molar-refractivity contribution in [2.24, 2.45) is 0 Å². The predicted molar refractivity (Wildman–Crippen MR) is 48.6 cm³/mol. The lowest BCUT2D eigenvalue weighted by Gasteiger charge is -1.99. The Morgan fingerprint density at radius 2 is 1.75 bits per heavy atom. The van der Waals surface area contributed by atoms with E-state index in [9.17, 15) is 0 Å². The zero-order valence-corrected chi connectivity index (χ0v) is 7.85. The maximum Gasteiger partial charge on any atom is 0.120 e. The van der Waals surface area contributed by atoms with Crippen LogP contribution in [0.1, 0.15) is 38.5 Å². The van der Waals surface area contributed by atoms with E-state index in [-0.39, 0.29) is 5.38 Å². The van der Waals surface area contributed by atoms with Crippen molar-refractivity contribution in [3.05, 3.63) is 0 Å². The molecule has 0 aliphatic rings. The third kappa shape index (κ3) is 7.38. The normalized spacial score (nSPS) is 11.6. The molecule has 0 aromatic carbocycles. The summed E-state index contributed by atoms with van der Waals surface area (Å²) in [4.78, 5) is 0. The number of unbranched alkanes of at least 4 members (excludes halogenated alkanes) is 4. The van der Waals surface area contributed by atoms with Gasteiger partial charge in [0.1, 0.15) is 5.38 Å². The van der Waals surface area contributed by atoms with Crippen LogP contribution in [0.4, 0.5) is 0 Å². The van der Waals surface area contributed by atoms with Gasteiger partial charge in [0.2, 0.25) is 0 Å². The standard InChI is InChI=1S/C9H13ClN2/c10-9(8-12)6-4-2-1-3-5-7-11/h9H,1-6H2. The van der Waals surface area contributed by atoms with Crippen LogP contribution in [0.3, 0.4) is 0 Å². The van der Waals surface area contributed by atoms with E-state index in [1.54, 1.807) is 0 Å². The molecule has 0 saturated carbocycles. The molecule has 0 saturated heterocycles. The molecule has 0 fully saturated rings. The first kappa shape index (κ1) is 11.3. The Morgan fingerprint density at radius 3 is 2.33 bits per heavy atom. The van der Waals surface area contributed by atoms with Crippen molar-refractivity contribution in [1.82, 2.24) is 0 Å². The second-order valence-electron chi connectivity index (χ2n) is 2.71. The Kier molecular flexibility index (Phi) is 7.86. The van der Waals surface area contributed by atoms with E-state index in [0.29, 0.717) is 6.42 Å². The van der Waals surface area contributed by atoms with E-state index in [1.165, 1.54) is 0 Å². The summed E-state index contributed by atoms with van der Waals surface area (Å²) >= 11 is 5.59. The molecule has 0 rings (SSSR count). The van der Waals surface area contributed by atoms with Crippen molar-refractivity contribution in [2.45, 2.75) is 43.9 Å². The Bertz CT molecular complexity index is 178. The van der Waals surface area contributed by atoms with Crippen LogP contribution < -0.4 is 0 Å². The van der Waals surface area contributed by atoms with Crippen LogP contribution in [-0.2, 0) is 0 Å². The molecule has 0 radical (unpaired) electrons.